The minimum Gasteiger partial charge on any atom is -0.486 e. The van der Waals surface area contributed by atoms with Gasteiger partial charge in [-0.3, -0.25) is 9.69 Å². The fourth-order valence-corrected chi connectivity index (χ4v) is 3.77. The Hall–Kier alpha value is -1.50. The highest BCUT2D eigenvalue weighted by Gasteiger charge is 2.47. The van der Waals surface area contributed by atoms with Gasteiger partial charge in [-0.2, -0.15) is 0 Å². The highest BCUT2D eigenvalue weighted by Crippen LogP contribution is 2.38. The first-order valence-electron chi connectivity index (χ1n) is 8.15. The predicted octanol–water partition coefficient (Wildman–Crippen LogP) is 1.84. The van der Waals surface area contributed by atoms with E-state index in [1.807, 2.05) is 6.07 Å². The predicted molar refractivity (Wildman–Crippen MR) is 90.8 cm³/mol. The van der Waals surface area contributed by atoms with Crippen LogP contribution in [-0.4, -0.2) is 56.9 Å². The van der Waals surface area contributed by atoms with E-state index < -0.39 is 5.54 Å². The molecule has 0 aromatic heterocycles. The van der Waals surface area contributed by atoms with Crippen molar-refractivity contribution >= 4 is 17.5 Å². The van der Waals surface area contributed by atoms with Crippen molar-refractivity contribution in [3.05, 3.63) is 22.7 Å². The smallest absolute Gasteiger partial charge is 0.242 e. The van der Waals surface area contributed by atoms with Crippen LogP contribution in [0.2, 0.25) is 5.02 Å². The lowest BCUT2D eigenvalue weighted by Gasteiger charge is -2.36. The average Bonchev–Trinajstić information content (AvgIpc) is 2.98. The average molecular weight is 355 g/mol. The van der Waals surface area contributed by atoms with Crippen LogP contribution in [0.4, 0.5) is 0 Å². The second-order valence-electron chi connectivity index (χ2n) is 6.16. The van der Waals surface area contributed by atoms with Gasteiger partial charge >= 0.3 is 0 Å². The monoisotopic (exact) mass is 354 g/mol. The fourth-order valence-electron chi connectivity index (χ4n) is 3.56. The number of likely N-dealkylation sites (tertiary alicyclic amines) is 1. The van der Waals surface area contributed by atoms with Gasteiger partial charge in [0, 0.05) is 31.8 Å². The van der Waals surface area contributed by atoms with Crippen molar-refractivity contribution in [3.63, 3.8) is 0 Å². The molecule has 1 N–H and O–H groups in total. The standard InChI is InChI=1S/C17H23ClN2O4/c1-19-16(21)17(11-22-2)4-3-5-20(17)10-12-8-14-15(9-13(12)18)24-7-6-23-14/h8-9H,3-7,10-11H2,1-2H3,(H,19,21). The number of benzene rings is 1. The fraction of sp³-hybridized carbons (Fsp3) is 0.588. The van der Waals surface area contributed by atoms with Gasteiger partial charge in [0.1, 0.15) is 18.8 Å². The Kier molecular flexibility index (Phi) is 5.18. The van der Waals surface area contributed by atoms with Crippen LogP contribution in [0.3, 0.4) is 0 Å². The Balaban J connectivity index is 1.87. The minimum atomic E-state index is -0.653. The minimum absolute atomic E-state index is 0.0180. The van der Waals surface area contributed by atoms with E-state index in [9.17, 15) is 4.79 Å². The summed E-state index contributed by atoms with van der Waals surface area (Å²) < 4.78 is 16.6. The second-order valence-corrected chi connectivity index (χ2v) is 6.56. The topological polar surface area (TPSA) is 60.0 Å². The van der Waals surface area contributed by atoms with Crippen molar-refractivity contribution in [1.82, 2.24) is 10.2 Å². The molecule has 1 saturated heterocycles. The zero-order valence-electron chi connectivity index (χ0n) is 14.1. The highest BCUT2D eigenvalue weighted by atomic mass is 35.5. The lowest BCUT2D eigenvalue weighted by atomic mass is 9.95. The summed E-state index contributed by atoms with van der Waals surface area (Å²) in [6, 6.07) is 3.70. The Bertz CT molecular complexity index is 625. The molecule has 6 nitrogen and oxygen atoms in total. The molecule has 1 atom stereocenters. The number of hydrogen-bond donors (Lipinski definition) is 1. The zero-order valence-corrected chi connectivity index (χ0v) is 14.8. The molecule has 1 aromatic carbocycles. The van der Waals surface area contributed by atoms with Crippen molar-refractivity contribution in [2.45, 2.75) is 24.9 Å². The van der Waals surface area contributed by atoms with Crippen molar-refractivity contribution in [1.29, 1.82) is 0 Å². The van der Waals surface area contributed by atoms with Gasteiger partial charge in [0.25, 0.3) is 0 Å². The van der Waals surface area contributed by atoms with Crippen molar-refractivity contribution in [3.8, 4) is 11.5 Å². The van der Waals surface area contributed by atoms with Crippen molar-refractivity contribution in [2.75, 3.05) is 40.5 Å². The normalized spacial score (nSPS) is 23.3. The summed E-state index contributed by atoms with van der Waals surface area (Å²) in [5.41, 5.74) is 0.271. The van der Waals surface area contributed by atoms with E-state index in [-0.39, 0.29) is 5.91 Å². The molecular formula is C17H23ClN2O4. The Morgan fingerprint density at radius 3 is 2.75 bits per heavy atom. The van der Waals surface area contributed by atoms with Gasteiger partial charge in [-0.05, 0) is 31.0 Å². The van der Waals surface area contributed by atoms with E-state index in [2.05, 4.69) is 10.2 Å². The van der Waals surface area contributed by atoms with E-state index in [0.717, 1.165) is 24.9 Å². The van der Waals surface area contributed by atoms with Crippen LogP contribution in [0.5, 0.6) is 11.5 Å². The number of ether oxygens (including phenoxy) is 3. The van der Waals surface area contributed by atoms with Crippen LogP contribution in [0, 0.1) is 0 Å². The van der Waals surface area contributed by atoms with Gasteiger partial charge in [0.15, 0.2) is 11.5 Å². The van der Waals surface area contributed by atoms with Gasteiger partial charge in [-0.25, -0.2) is 0 Å². The number of likely N-dealkylation sites (N-methyl/N-ethyl adjacent to an activating group) is 1. The molecule has 3 rings (SSSR count). The number of carbonyl (C=O) groups excluding carboxylic acids is 1. The highest BCUT2D eigenvalue weighted by molar-refractivity contribution is 6.31. The van der Waals surface area contributed by atoms with Crippen LogP contribution in [0.1, 0.15) is 18.4 Å². The molecule has 2 aliphatic rings. The molecule has 132 valence electrons. The number of nitrogens with one attached hydrogen (secondary N) is 1. The third-order valence-electron chi connectivity index (χ3n) is 4.73. The number of methoxy groups -OCH3 is 1. The zero-order chi connectivity index (χ0) is 17.2. The van der Waals surface area contributed by atoms with Crippen LogP contribution < -0.4 is 14.8 Å². The Morgan fingerprint density at radius 1 is 1.38 bits per heavy atom. The van der Waals surface area contributed by atoms with E-state index in [1.54, 1.807) is 20.2 Å². The first-order valence-corrected chi connectivity index (χ1v) is 8.53. The Labute approximate surface area is 147 Å². The van der Waals surface area contributed by atoms with Crippen molar-refractivity contribution < 1.29 is 19.0 Å². The van der Waals surface area contributed by atoms with E-state index in [4.69, 9.17) is 25.8 Å². The molecule has 0 saturated carbocycles. The quantitative estimate of drug-likeness (QED) is 0.874. The third-order valence-corrected chi connectivity index (χ3v) is 5.08. The third kappa shape index (κ3) is 3.06. The largest absolute Gasteiger partial charge is 0.486 e. The molecule has 0 aliphatic carbocycles. The molecule has 0 spiro atoms. The summed E-state index contributed by atoms with van der Waals surface area (Å²) in [6.07, 6.45) is 1.71. The molecule has 0 radical (unpaired) electrons. The van der Waals surface area contributed by atoms with Gasteiger partial charge in [-0.1, -0.05) is 11.6 Å². The van der Waals surface area contributed by atoms with E-state index >= 15 is 0 Å². The van der Waals surface area contributed by atoms with Gasteiger partial charge < -0.3 is 19.5 Å². The SMILES string of the molecule is CNC(=O)C1(COC)CCCN1Cc1cc2c(cc1Cl)OCCO2. The summed E-state index contributed by atoms with van der Waals surface area (Å²) in [6.45, 7) is 2.80. The van der Waals surface area contributed by atoms with E-state index in [0.29, 0.717) is 42.9 Å². The molecule has 1 aromatic rings. The maximum atomic E-state index is 12.5. The summed E-state index contributed by atoms with van der Waals surface area (Å²) in [5.74, 6) is 1.36. The van der Waals surface area contributed by atoms with Crippen LogP contribution >= 0.6 is 11.6 Å². The maximum absolute atomic E-state index is 12.5. The summed E-state index contributed by atoms with van der Waals surface area (Å²) >= 11 is 6.43. The van der Waals surface area contributed by atoms with Gasteiger partial charge in [0.05, 0.1) is 6.61 Å². The summed E-state index contributed by atoms with van der Waals surface area (Å²) in [5, 5.41) is 3.39. The number of halogens is 1. The molecule has 1 unspecified atom stereocenters. The molecule has 1 amide bonds. The maximum Gasteiger partial charge on any atom is 0.242 e. The number of nitrogens with zero attached hydrogens (tertiary/aromatic N) is 1. The summed E-state index contributed by atoms with van der Waals surface area (Å²) in [4.78, 5) is 14.7. The van der Waals surface area contributed by atoms with Gasteiger partial charge in [-0.15, -0.1) is 0 Å². The molecule has 24 heavy (non-hydrogen) atoms. The van der Waals surface area contributed by atoms with Crippen molar-refractivity contribution in [2.24, 2.45) is 0 Å². The number of fused-ring (bicyclic) bond motifs is 1. The first-order chi connectivity index (χ1) is 11.6. The lowest BCUT2D eigenvalue weighted by molar-refractivity contribution is -0.135. The summed E-state index contributed by atoms with van der Waals surface area (Å²) in [7, 11) is 3.28. The number of carbonyl (C=O) groups is 1. The molecule has 2 heterocycles. The van der Waals surface area contributed by atoms with Crippen LogP contribution in [-0.2, 0) is 16.1 Å². The molecule has 0 bridgehead atoms. The number of rotatable bonds is 5. The van der Waals surface area contributed by atoms with Gasteiger partial charge in [0.2, 0.25) is 5.91 Å². The van der Waals surface area contributed by atoms with Crippen LogP contribution in [0.15, 0.2) is 12.1 Å². The molecule has 1 fully saturated rings. The number of hydrogen-bond acceptors (Lipinski definition) is 5. The Morgan fingerprint density at radius 2 is 2.08 bits per heavy atom. The second kappa shape index (κ2) is 7.17. The first kappa shape index (κ1) is 17.3. The molecule has 2 aliphatic heterocycles. The van der Waals surface area contributed by atoms with Crippen LogP contribution in [0.25, 0.3) is 0 Å². The van der Waals surface area contributed by atoms with E-state index in [1.165, 1.54) is 0 Å². The lowest BCUT2D eigenvalue weighted by Crippen LogP contribution is -2.57. The molecule has 7 heteroatoms. The number of amides is 1. The molecular weight excluding hydrogens is 332 g/mol.